The van der Waals surface area contributed by atoms with Gasteiger partial charge in [-0.3, -0.25) is 4.98 Å². The van der Waals surface area contributed by atoms with E-state index < -0.39 is 9.84 Å². The van der Waals surface area contributed by atoms with Crippen molar-refractivity contribution in [2.45, 2.75) is 30.1 Å². The molecule has 0 unspecified atom stereocenters. The van der Waals surface area contributed by atoms with Gasteiger partial charge in [0.2, 0.25) is 0 Å². The third-order valence-corrected chi connectivity index (χ3v) is 5.80. The largest absolute Gasteiger partial charge is 0.302 e. The van der Waals surface area contributed by atoms with Crippen molar-refractivity contribution >= 4 is 9.84 Å². The molecule has 4 nitrogen and oxygen atoms in total. The molecule has 0 spiro atoms. The summed E-state index contributed by atoms with van der Waals surface area (Å²) in [5.74, 6) is 0.195. The van der Waals surface area contributed by atoms with E-state index in [2.05, 4.69) is 34.1 Å². The maximum atomic E-state index is 12.0. The van der Waals surface area contributed by atoms with Crippen LogP contribution in [0, 0.1) is 0 Å². The number of hydrogen-bond donors (Lipinski definition) is 0. The molecule has 24 heavy (non-hydrogen) atoms. The molecule has 3 rings (SSSR count). The zero-order valence-electron chi connectivity index (χ0n) is 14.1. The van der Waals surface area contributed by atoms with Crippen LogP contribution in [0.2, 0.25) is 0 Å². The maximum absolute atomic E-state index is 12.0. The molecule has 1 fully saturated rings. The predicted octanol–water partition coefficient (Wildman–Crippen LogP) is 2.91. The van der Waals surface area contributed by atoms with E-state index in [9.17, 15) is 8.42 Å². The molecule has 5 heteroatoms. The number of nitrogens with zero attached hydrogens (tertiary/aromatic N) is 2. The number of rotatable bonds is 5. The molecule has 0 amide bonds. The minimum Gasteiger partial charge on any atom is -0.302 e. The van der Waals surface area contributed by atoms with Crippen LogP contribution in [0.3, 0.4) is 0 Å². The lowest BCUT2D eigenvalue weighted by atomic mass is 9.94. The predicted molar refractivity (Wildman–Crippen MR) is 95.9 cm³/mol. The first-order chi connectivity index (χ1) is 11.5. The Morgan fingerprint density at radius 3 is 2.71 bits per heavy atom. The summed E-state index contributed by atoms with van der Waals surface area (Å²) in [4.78, 5) is 7.24. The summed E-state index contributed by atoms with van der Waals surface area (Å²) < 4.78 is 24.1. The van der Waals surface area contributed by atoms with Crippen molar-refractivity contribution in [1.82, 2.24) is 9.88 Å². The van der Waals surface area contributed by atoms with Gasteiger partial charge in [0, 0.05) is 31.5 Å². The molecule has 0 saturated carbocycles. The average molecular weight is 344 g/mol. The monoisotopic (exact) mass is 344 g/mol. The van der Waals surface area contributed by atoms with Crippen LogP contribution in [0.1, 0.15) is 30.0 Å². The van der Waals surface area contributed by atoms with Crippen LogP contribution in [0.25, 0.3) is 0 Å². The smallest absolute Gasteiger partial charge is 0.177 e. The number of hydrogen-bond acceptors (Lipinski definition) is 4. The topological polar surface area (TPSA) is 50.3 Å². The van der Waals surface area contributed by atoms with E-state index in [4.69, 9.17) is 0 Å². The van der Waals surface area contributed by atoms with Crippen LogP contribution >= 0.6 is 0 Å². The summed E-state index contributed by atoms with van der Waals surface area (Å²) in [5.41, 5.74) is 2.08. The summed E-state index contributed by atoms with van der Waals surface area (Å²) in [6.07, 6.45) is 6.08. The molecular weight excluding hydrogens is 320 g/mol. The SMILES string of the molecule is CS(=O)(=O)c1cccnc1[C@H]1CCCN(CCc2ccccc2)C1. The van der Waals surface area contributed by atoms with Gasteiger partial charge >= 0.3 is 0 Å². The van der Waals surface area contributed by atoms with Crippen LogP contribution in [0.5, 0.6) is 0 Å². The van der Waals surface area contributed by atoms with E-state index in [1.165, 1.54) is 11.8 Å². The van der Waals surface area contributed by atoms with Crippen molar-refractivity contribution in [2.24, 2.45) is 0 Å². The van der Waals surface area contributed by atoms with Crippen molar-refractivity contribution < 1.29 is 8.42 Å². The standard InChI is InChI=1S/C19H24N2O2S/c1-24(22,23)18-10-5-12-20-19(18)17-9-6-13-21(15-17)14-11-16-7-3-2-4-8-16/h2-5,7-8,10,12,17H,6,9,11,13-15H2,1H3/t17-/m0/s1. The minimum absolute atomic E-state index is 0.195. The molecule has 1 atom stereocenters. The fourth-order valence-electron chi connectivity index (χ4n) is 3.44. The molecule has 2 heterocycles. The van der Waals surface area contributed by atoms with Gasteiger partial charge < -0.3 is 4.90 Å². The maximum Gasteiger partial charge on any atom is 0.177 e. The Bertz CT molecular complexity index is 775. The van der Waals surface area contributed by atoms with E-state index >= 15 is 0 Å². The molecule has 1 aliphatic heterocycles. The third kappa shape index (κ3) is 4.22. The zero-order chi connectivity index (χ0) is 17.0. The highest BCUT2D eigenvalue weighted by molar-refractivity contribution is 7.90. The van der Waals surface area contributed by atoms with Gasteiger partial charge in [-0.1, -0.05) is 30.3 Å². The highest BCUT2D eigenvalue weighted by Crippen LogP contribution is 2.29. The van der Waals surface area contributed by atoms with Gasteiger partial charge in [0.1, 0.15) is 0 Å². The van der Waals surface area contributed by atoms with Crippen molar-refractivity contribution in [2.75, 3.05) is 25.9 Å². The molecule has 1 aliphatic rings. The first-order valence-corrected chi connectivity index (χ1v) is 10.3. The van der Waals surface area contributed by atoms with Gasteiger partial charge in [0.25, 0.3) is 0 Å². The lowest BCUT2D eigenvalue weighted by Crippen LogP contribution is -2.36. The molecule has 0 radical (unpaired) electrons. The number of piperidine rings is 1. The number of likely N-dealkylation sites (tertiary alicyclic amines) is 1. The Morgan fingerprint density at radius 1 is 1.17 bits per heavy atom. The molecule has 0 bridgehead atoms. The Kier molecular flexibility index (Phi) is 5.31. The minimum atomic E-state index is -3.24. The van der Waals surface area contributed by atoms with Gasteiger partial charge in [-0.2, -0.15) is 0 Å². The lowest BCUT2D eigenvalue weighted by Gasteiger charge is -2.33. The highest BCUT2D eigenvalue weighted by atomic mass is 32.2. The van der Waals surface area contributed by atoms with Crippen molar-refractivity contribution in [1.29, 1.82) is 0 Å². The first-order valence-electron chi connectivity index (χ1n) is 8.45. The summed E-state index contributed by atoms with van der Waals surface area (Å²) in [7, 11) is -3.24. The van der Waals surface area contributed by atoms with Crippen LogP contribution in [0.15, 0.2) is 53.6 Å². The van der Waals surface area contributed by atoms with Gasteiger partial charge in [-0.15, -0.1) is 0 Å². The van der Waals surface area contributed by atoms with Crippen molar-refractivity contribution in [3.63, 3.8) is 0 Å². The fourth-order valence-corrected chi connectivity index (χ4v) is 4.36. The average Bonchev–Trinajstić information content (AvgIpc) is 2.60. The van der Waals surface area contributed by atoms with Crippen LogP contribution in [0.4, 0.5) is 0 Å². The number of aromatic nitrogens is 1. The zero-order valence-corrected chi connectivity index (χ0v) is 14.9. The molecule has 0 aliphatic carbocycles. The van der Waals surface area contributed by atoms with E-state index in [1.807, 2.05) is 6.07 Å². The van der Waals surface area contributed by atoms with Crippen LogP contribution < -0.4 is 0 Å². The second kappa shape index (κ2) is 7.45. The summed E-state index contributed by atoms with van der Waals surface area (Å²) >= 11 is 0. The van der Waals surface area contributed by atoms with Crippen LogP contribution in [-0.4, -0.2) is 44.2 Å². The van der Waals surface area contributed by atoms with E-state index in [-0.39, 0.29) is 5.92 Å². The summed E-state index contributed by atoms with van der Waals surface area (Å²) in [6, 6.07) is 13.9. The first kappa shape index (κ1) is 17.1. The summed E-state index contributed by atoms with van der Waals surface area (Å²) in [6.45, 7) is 2.96. The summed E-state index contributed by atoms with van der Waals surface area (Å²) in [5, 5.41) is 0. The molecule has 128 valence electrons. The number of pyridine rings is 1. The fraction of sp³-hybridized carbons (Fsp3) is 0.421. The highest BCUT2D eigenvalue weighted by Gasteiger charge is 2.26. The van der Waals surface area contributed by atoms with E-state index in [0.717, 1.165) is 44.6 Å². The van der Waals surface area contributed by atoms with Gasteiger partial charge in [-0.25, -0.2) is 8.42 Å². The van der Waals surface area contributed by atoms with Gasteiger partial charge in [-0.05, 0) is 43.5 Å². The Morgan fingerprint density at radius 2 is 1.96 bits per heavy atom. The Labute approximate surface area is 144 Å². The molecule has 1 aromatic carbocycles. The quantitative estimate of drug-likeness (QED) is 0.837. The Hall–Kier alpha value is -1.72. The van der Waals surface area contributed by atoms with Crippen LogP contribution in [-0.2, 0) is 16.3 Å². The van der Waals surface area contributed by atoms with Gasteiger partial charge in [0.15, 0.2) is 9.84 Å². The Balaban J connectivity index is 1.70. The second-order valence-electron chi connectivity index (χ2n) is 6.53. The van der Waals surface area contributed by atoms with E-state index in [0.29, 0.717) is 4.90 Å². The number of benzene rings is 1. The van der Waals surface area contributed by atoms with Crippen molar-refractivity contribution in [3.8, 4) is 0 Å². The molecule has 1 saturated heterocycles. The molecule has 1 aromatic heterocycles. The van der Waals surface area contributed by atoms with Gasteiger partial charge in [0.05, 0.1) is 10.6 Å². The molecule has 0 N–H and O–H groups in total. The molecular formula is C19H24N2O2S. The number of sulfone groups is 1. The van der Waals surface area contributed by atoms with E-state index in [1.54, 1.807) is 18.3 Å². The normalized spacial score (nSPS) is 19.3. The lowest BCUT2D eigenvalue weighted by molar-refractivity contribution is 0.207. The second-order valence-corrected chi connectivity index (χ2v) is 8.52. The third-order valence-electron chi connectivity index (χ3n) is 4.65. The molecule has 2 aromatic rings. The van der Waals surface area contributed by atoms with Crippen molar-refractivity contribution in [3.05, 3.63) is 59.9 Å².